The Balaban J connectivity index is 1.81. The standard InChI is InChI=1S/C19H23N3O4/c1-3-14-15-16(22(20-14)13-7-5-4-6-8-13)17(25-2)26-19(15)9-11-21(12-10-19)18(23)24/h4-8,17H,3,9-12H2,1-2H3,(H,23,24). The van der Waals surface area contributed by atoms with E-state index < -0.39 is 18.0 Å². The smallest absolute Gasteiger partial charge is 0.407 e. The van der Waals surface area contributed by atoms with E-state index in [4.69, 9.17) is 14.6 Å². The van der Waals surface area contributed by atoms with Gasteiger partial charge < -0.3 is 19.5 Å². The first-order chi connectivity index (χ1) is 12.6. The molecule has 0 radical (unpaired) electrons. The number of rotatable bonds is 3. The van der Waals surface area contributed by atoms with Crippen molar-refractivity contribution in [3.8, 4) is 5.69 Å². The molecule has 2 aliphatic rings. The molecule has 1 aromatic heterocycles. The van der Waals surface area contributed by atoms with Gasteiger partial charge in [-0.15, -0.1) is 0 Å². The summed E-state index contributed by atoms with van der Waals surface area (Å²) in [5, 5.41) is 14.1. The van der Waals surface area contributed by atoms with Crippen molar-refractivity contribution in [1.29, 1.82) is 0 Å². The number of para-hydroxylation sites is 1. The van der Waals surface area contributed by atoms with Crippen LogP contribution in [0.4, 0.5) is 4.79 Å². The fraction of sp³-hybridized carbons (Fsp3) is 0.474. The lowest BCUT2D eigenvalue weighted by Gasteiger charge is -2.38. The molecule has 7 heteroatoms. The predicted octanol–water partition coefficient (Wildman–Crippen LogP) is 3.08. The highest BCUT2D eigenvalue weighted by atomic mass is 16.7. The number of hydrogen-bond donors (Lipinski definition) is 1. The summed E-state index contributed by atoms with van der Waals surface area (Å²) in [6, 6.07) is 9.96. The number of hydrogen-bond acceptors (Lipinski definition) is 4. The van der Waals surface area contributed by atoms with E-state index in [1.165, 1.54) is 4.90 Å². The number of aryl methyl sites for hydroxylation is 1. The van der Waals surface area contributed by atoms with E-state index in [1.54, 1.807) is 7.11 Å². The molecule has 2 aliphatic heterocycles. The number of likely N-dealkylation sites (tertiary alicyclic amines) is 1. The highest BCUT2D eigenvalue weighted by molar-refractivity contribution is 5.65. The number of ether oxygens (including phenoxy) is 2. The second-order valence-corrected chi connectivity index (χ2v) is 6.76. The summed E-state index contributed by atoms with van der Waals surface area (Å²) in [7, 11) is 1.63. The zero-order valence-electron chi connectivity index (χ0n) is 15.0. The van der Waals surface area contributed by atoms with Gasteiger partial charge in [0.05, 0.1) is 11.4 Å². The Morgan fingerprint density at radius 1 is 1.35 bits per heavy atom. The molecule has 1 N–H and O–H groups in total. The van der Waals surface area contributed by atoms with E-state index in [-0.39, 0.29) is 0 Å². The maximum absolute atomic E-state index is 11.3. The van der Waals surface area contributed by atoms with Gasteiger partial charge in [0.15, 0.2) is 0 Å². The van der Waals surface area contributed by atoms with Crippen LogP contribution in [0.15, 0.2) is 30.3 Å². The SMILES string of the molecule is CCc1nn(-c2ccccc2)c2c1C1(CCN(C(=O)O)CC1)OC2OC. The third-order valence-electron chi connectivity index (χ3n) is 5.40. The van der Waals surface area contributed by atoms with Crippen LogP contribution in [0.1, 0.15) is 43.0 Å². The van der Waals surface area contributed by atoms with Gasteiger partial charge in [0.2, 0.25) is 6.29 Å². The van der Waals surface area contributed by atoms with Crippen LogP contribution in [0.3, 0.4) is 0 Å². The van der Waals surface area contributed by atoms with Crippen molar-refractivity contribution < 1.29 is 19.4 Å². The van der Waals surface area contributed by atoms with Crippen LogP contribution < -0.4 is 0 Å². The maximum atomic E-state index is 11.3. The van der Waals surface area contributed by atoms with Crippen molar-refractivity contribution in [2.75, 3.05) is 20.2 Å². The van der Waals surface area contributed by atoms with Crippen LogP contribution >= 0.6 is 0 Å². The van der Waals surface area contributed by atoms with Gasteiger partial charge >= 0.3 is 6.09 Å². The van der Waals surface area contributed by atoms with Gasteiger partial charge in [-0.2, -0.15) is 5.10 Å². The van der Waals surface area contributed by atoms with Gasteiger partial charge in [-0.25, -0.2) is 9.48 Å². The lowest BCUT2D eigenvalue weighted by Crippen LogP contribution is -2.45. The van der Waals surface area contributed by atoms with Crippen molar-refractivity contribution in [2.45, 2.75) is 38.1 Å². The zero-order chi connectivity index (χ0) is 18.3. The number of carboxylic acid groups (broad SMARTS) is 1. The minimum atomic E-state index is -0.878. The quantitative estimate of drug-likeness (QED) is 0.913. The number of fused-ring (bicyclic) bond motifs is 2. The van der Waals surface area contributed by atoms with Gasteiger partial charge in [-0.1, -0.05) is 25.1 Å². The van der Waals surface area contributed by atoms with Crippen molar-refractivity contribution >= 4 is 6.09 Å². The summed E-state index contributed by atoms with van der Waals surface area (Å²) < 4.78 is 13.9. The van der Waals surface area contributed by atoms with Gasteiger partial charge in [0.1, 0.15) is 11.3 Å². The zero-order valence-corrected chi connectivity index (χ0v) is 15.0. The topological polar surface area (TPSA) is 76.8 Å². The molecule has 1 saturated heterocycles. The molecule has 1 spiro atoms. The van der Waals surface area contributed by atoms with Crippen molar-refractivity contribution in [3.05, 3.63) is 47.3 Å². The molecule has 26 heavy (non-hydrogen) atoms. The second kappa shape index (κ2) is 6.41. The van der Waals surface area contributed by atoms with E-state index >= 15 is 0 Å². The minimum Gasteiger partial charge on any atom is -0.465 e. The molecule has 4 rings (SSSR count). The summed E-state index contributed by atoms with van der Waals surface area (Å²) in [4.78, 5) is 12.7. The first kappa shape index (κ1) is 17.1. The first-order valence-corrected chi connectivity index (χ1v) is 8.96. The summed E-state index contributed by atoms with van der Waals surface area (Å²) in [5.74, 6) is 0. The van der Waals surface area contributed by atoms with Crippen LogP contribution in [-0.2, 0) is 21.5 Å². The van der Waals surface area contributed by atoms with E-state index in [0.29, 0.717) is 25.9 Å². The molecule has 1 fully saturated rings. The van der Waals surface area contributed by atoms with Crippen LogP contribution in [0, 0.1) is 0 Å². The molecule has 138 valence electrons. The lowest BCUT2D eigenvalue weighted by molar-refractivity contribution is -0.203. The molecule has 0 bridgehead atoms. The van der Waals surface area contributed by atoms with Crippen LogP contribution in [0.5, 0.6) is 0 Å². The molecule has 1 atom stereocenters. The number of amides is 1. The van der Waals surface area contributed by atoms with Crippen LogP contribution in [0.25, 0.3) is 5.69 Å². The highest BCUT2D eigenvalue weighted by Gasteiger charge is 2.51. The molecule has 7 nitrogen and oxygen atoms in total. The van der Waals surface area contributed by atoms with Gasteiger partial charge in [0, 0.05) is 25.8 Å². The molecule has 1 aromatic carbocycles. The molecule has 0 saturated carbocycles. The third-order valence-corrected chi connectivity index (χ3v) is 5.40. The number of carbonyl (C=O) groups is 1. The minimum absolute atomic E-state index is 0.449. The molecule has 1 unspecified atom stereocenters. The number of aromatic nitrogens is 2. The summed E-state index contributed by atoms with van der Waals surface area (Å²) in [6.07, 6.45) is 0.623. The fourth-order valence-electron chi connectivity index (χ4n) is 4.11. The van der Waals surface area contributed by atoms with Gasteiger partial charge in [-0.05, 0) is 31.4 Å². The van der Waals surface area contributed by atoms with Crippen molar-refractivity contribution in [1.82, 2.24) is 14.7 Å². The third kappa shape index (κ3) is 2.50. The Morgan fingerprint density at radius 3 is 2.62 bits per heavy atom. The Labute approximate surface area is 152 Å². The molecule has 2 aromatic rings. The molecule has 0 aliphatic carbocycles. The van der Waals surface area contributed by atoms with E-state index in [0.717, 1.165) is 29.1 Å². The highest BCUT2D eigenvalue weighted by Crippen LogP contribution is 2.51. The molecular formula is C19H23N3O4. The van der Waals surface area contributed by atoms with Crippen LogP contribution in [-0.4, -0.2) is 46.1 Å². The normalized spacial score (nSPS) is 21.2. The Morgan fingerprint density at radius 2 is 2.04 bits per heavy atom. The summed E-state index contributed by atoms with van der Waals surface area (Å²) >= 11 is 0. The van der Waals surface area contributed by atoms with Crippen molar-refractivity contribution in [3.63, 3.8) is 0 Å². The number of nitrogens with zero attached hydrogens (tertiary/aromatic N) is 3. The molecular weight excluding hydrogens is 334 g/mol. The number of methoxy groups -OCH3 is 1. The van der Waals surface area contributed by atoms with E-state index in [9.17, 15) is 9.90 Å². The summed E-state index contributed by atoms with van der Waals surface area (Å²) in [6.45, 7) is 2.98. The Kier molecular flexibility index (Phi) is 4.20. The fourth-order valence-corrected chi connectivity index (χ4v) is 4.11. The van der Waals surface area contributed by atoms with Gasteiger partial charge in [-0.3, -0.25) is 0 Å². The molecule has 3 heterocycles. The molecule has 1 amide bonds. The average Bonchev–Trinajstić information content (AvgIpc) is 3.20. The lowest BCUT2D eigenvalue weighted by atomic mass is 9.84. The van der Waals surface area contributed by atoms with E-state index in [1.807, 2.05) is 35.0 Å². The summed E-state index contributed by atoms with van der Waals surface area (Å²) in [5.41, 5.74) is 3.45. The monoisotopic (exact) mass is 357 g/mol. The Hall–Kier alpha value is -2.38. The average molecular weight is 357 g/mol. The van der Waals surface area contributed by atoms with E-state index in [2.05, 4.69) is 6.92 Å². The van der Waals surface area contributed by atoms with Gasteiger partial charge in [0.25, 0.3) is 0 Å². The van der Waals surface area contributed by atoms with Crippen molar-refractivity contribution in [2.24, 2.45) is 0 Å². The second-order valence-electron chi connectivity index (χ2n) is 6.76. The maximum Gasteiger partial charge on any atom is 0.407 e. The first-order valence-electron chi connectivity index (χ1n) is 8.96. The number of piperidine rings is 1. The van der Waals surface area contributed by atoms with Crippen LogP contribution in [0.2, 0.25) is 0 Å². The number of benzene rings is 1. The largest absolute Gasteiger partial charge is 0.465 e. The Bertz CT molecular complexity index is 810. The predicted molar refractivity (Wildman–Crippen MR) is 94.3 cm³/mol.